The molecule has 132 valence electrons. The van der Waals surface area contributed by atoms with Crippen molar-refractivity contribution < 1.29 is 15.3 Å². The highest BCUT2D eigenvalue weighted by atomic mass is 19.1. The van der Waals surface area contributed by atoms with Crippen molar-refractivity contribution in [2.45, 2.75) is 25.5 Å². The van der Waals surface area contributed by atoms with E-state index in [4.69, 9.17) is 6.11 Å². The van der Waals surface area contributed by atoms with Gasteiger partial charge in [0.1, 0.15) is 12.4 Å². The van der Waals surface area contributed by atoms with E-state index in [2.05, 4.69) is 10.3 Å². The predicted octanol–water partition coefficient (Wildman–Crippen LogP) is 4.11. The number of rotatable bonds is 2. The number of Topliss-reactive ketones (excluding diaryl/α,β-unsaturated/α-hetero) is 1. The van der Waals surface area contributed by atoms with Crippen LogP contribution >= 0.6 is 0 Å². The second kappa shape index (κ2) is 6.04. The number of hydrogen-bond donors (Lipinski definition) is 2. The molecule has 2 N–H and O–H groups in total. The quantitative estimate of drug-likeness (QED) is 0.730. The Morgan fingerprint density at radius 1 is 1.23 bits per heavy atom. The first-order valence-corrected chi connectivity index (χ1v) is 8.87. The van der Waals surface area contributed by atoms with Gasteiger partial charge in [-0.05, 0) is 31.5 Å². The Bertz CT molecular complexity index is 1070. The Labute approximate surface area is 151 Å². The fourth-order valence-electron chi connectivity index (χ4n) is 4.00. The Morgan fingerprint density at radius 3 is 2.96 bits per heavy atom. The van der Waals surface area contributed by atoms with Crippen LogP contribution in [-0.4, -0.2) is 23.9 Å². The lowest BCUT2D eigenvalue weighted by atomic mass is 9.98. The van der Waals surface area contributed by atoms with Crippen LogP contribution in [0.3, 0.4) is 0 Å². The number of aromatic amines is 1. The van der Waals surface area contributed by atoms with E-state index in [-0.39, 0.29) is 12.4 Å². The summed E-state index contributed by atoms with van der Waals surface area (Å²) in [6.07, 6.45) is 1.46. The normalized spacial score (nSPS) is 23.3. The number of carbonyl (C=O) groups is 1. The molecule has 0 spiro atoms. The van der Waals surface area contributed by atoms with Gasteiger partial charge >= 0.3 is 0 Å². The lowest BCUT2D eigenvalue weighted by Gasteiger charge is -2.13. The summed E-state index contributed by atoms with van der Waals surface area (Å²) in [5.74, 6) is -0.441. The monoisotopic (exact) mass is 351 g/mol. The van der Waals surface area contributed by atoms with Crippen molar-refractivity contribution in [3.8, 4) is 11.3 Å². The molecule has 4 nitrogen and oxygen atoms in total. The van der Waals surface area contributed by atoms with Crippen LogP contribution in [0, 0.1) is 5.82 Å². The minimum absolute atomic E-state index is 0.0464. The van der Waals surface area contributed by atoms with E-state index >= 15 is 0 Å². The Balaban J connectivity index is 1.66. The molecule has 0 aliphatic carbocycles. The lowest BCUT2D eigenvalue weighted by molar-refractivity contribution is 0.0742. The second-order valence-corrected chi connectivity index (χ2v) is 6.83. The largest absolute Gasteiger partial charge is 0.369 e. The van der Waals surface area contributed by atoms with Crippen LogP contribution in [0.5, 0.6) is 0 Å². The molecule has 0 saturated carbocycles. The first-order valence-electron chi connectivity index (χ1n) is 9.37. The summed E-state index contributed by atoms with van der Waals surface area (Å²) in [7, 11) is 0. The maximum atomic E-state index is 14.9. The number of ketones is 1. The summed E-state index contributed by atoms with van der Waals surface area (Å²) in [6, 6.07) is 9.50. The third-order valence-electron chi connectivity index (χ3n) is 5.23. The average molecular weight is 351 g/mol. The third kappa shape index (κ3) is 2.39. The van der Waals surface area contributed by atoms with Crippen LogP contribution in [0.2, 0.25) is 0 Å². The molecule has 1 aromatic heterocycles. The molecule has 1 fully saturated rings. The maximum absolute atomic E-state index is 14.9. The zero-order valence-corrected chi connectivity index (χ0v) is 14.2. The van der Waals surface area contributed by atoms with Crippen molar-refractivity contribution in [1.29, 1.82) is 0 Å². The maximum Gasteiger partial charge on any atom is 0.189 e. The van der Waals surface area contributed by atoms with Gasteiger partial charge in [-0.15, -0.1) is 0 Å². The zero-order valence-electron chi connectivity index (χ0n) is 15.2. The van der Waals surface area contributed by atoms with E-state index in [1.165, 1.54) is 6.07 Å². The van der Waals surface area contributed by atoms with E-state index < -0.39 is 11.8 Å². The smallest absolute Gasteiger partial charge is 0.189 e. The molecule has 2 aliphatic heterocycles. The van der Waals surface area contributed by atoms with E-state index in [1.807, 2.05) is 18.2 Å². The molecule has 3 aromatic rings. The van der Waals surface area contributed by atoms with E-state index in [0.29, 0.717) is 29.7 Å². The SMILES string of the molecule is [2H]C1(c2ccc(-c3[nH]c4cccc5c4c3COCC5=O)cc2F)CCCN1. The number of H-pyrrole nitrogens is 1. The summed E-state index contributed by atoms with van der Waals surface area (Å²) in [5.41, 5.74) is 4.18. The standard InChI is InChI=1S/C21H19FN2O2/c22-16-9-12(6-7-13(16)17-5-2-8-23-17)21-15-10-26-11-19(25)14-3-1-4-18(24-21)20(14)15/h1,3-4,6-7,9,17,23-24H,2,5,8,10-11H2/i17D. The number of ether oxygens (including phenoxy) is 1. The van der Waals surface area contributed by atoms with E-state index in [0.717, 1.165) is 35.1 Å². The van der Waals surface area contributed by atoms with E-state index in [9.17, 15) is 9.18 Å². The highest BCUT2D eigenvalue weighted by Gasteiger charge is 2.24. The van der Waals surface area contributed by atoms with Gasteiger partial charge in [-0.25, -0.2) is 4.39 Å². The molecule has 0 bridgehead atoms. The number of benzene rings is 2. The molecule has 0 radical (unpaired) electrons. The Morgan fingerprint density at radius 2 is 2.15 bits per heavy atom. The van der Waals surface area contributed by atoms with Gasteiger partial charge < -0.3 is 15.0 Å². The lowest BCUT2D eigenvalue weighted by Crippen LogP contribution is -2.14. The number of aromatic nitrogens is 1. The number of halogens is 1. The van der Waals surface area contributed by atoms with Crippen LogP contribution in [0.1, 0.15) is 41.7 Å². The highest BCUT2D eigenvalue weighted by molar-refractivity contribution is 6.11. The van der Waals surface area contributed by atoms with Crippen LogP contribution in [0.4, 0.5) is 4.39 Å². The molecule has 5 rings (SSSR count). The summed E-state index contributed by atoms with van der Waals surface area (Å²) < 4.78 is 28.9. The van der Waals surface area contributed by atoms with Gasteiger partial charge in [0.25, 0.3) is 0 Å². The zero-order chi connectivity index (χ0) is 18.6. The van der Waals surface area contributed by atoms with E-state index in [1.54, 1.807) is 12.1 Å². The summed E-state index contributed by atoms with van der Waals surface area (Å²) >= 11 is 0. The second-order valence-electron chi connectivity index (χ2n) is 6.83. The third-order valence-corrected chi connectivity index (χ3v) is 5.23. The Hall–Kier alpha value is -2.50. The summed E-state index contributed by atoms with van der Waals surface area (Å²) in [4.78, 5) is 15.6. The van der Waals surface area contributed by atoms with Crippen LogP contribution < -0.4 is 5.32 Å². The molecule has 2 aliphatic rings. The molecule has 1 saturated heterocycles. The van der Waals surface area contributed by atoms with Gasteiger partial charge in [0.15, 0.2) is 5.78 Å². The first kappa shape index (κ1) is 14.6. The highest BCUT2D eigenvalue weighted by Crippen LogP contribution is 2.36. The average Bonchev–Trinajstić information content (AvgIpc) is 3.21. The minimum atomic E-state index is -1.06. The van der Waals surface area contributed by atoms with Crippen molar-refractivity contribution in [3.05, 3.63) is 58.9 Å². The van der Waals surface area contributed by atoms with Crippen molar-refractivity contribution >= 4 is 16.7 Å². The molecular formula is C21H19FN2O2. The Kier molecular flexibility index (Phi) is 3.40. The first-order chi connectivity index (χ1) is 13.1. The molecule has 0 amide bonds. The van der Waals surface area contributed by atoms with Crippen molar-refractivity contribution in [3.63, 3.8) is 0 Å². The van der Waals surface area contributed by atoms with Gasteiger partial charge in [0.2, 0.25) is 0 Å². The minimum Gasteiger partial charge on any atom is -0.369 e. The molecule has 2 aromatic carbocycles. The van der Waals surface area contributed by atoms with Crippen LogP contribution in [0.25, 0.3) is 22.2 Å². The molecule has 1 atom stereocenters. The topological polar surface area (TPSA) is 54.1 Å². The van der Waals surface area contributed by atoms with Gasteiger partial charge in [-0.3, -0.25) is 4.79 Å². The number of carbonyl (C=O) groups excluding carboxylic acids is 1. The number of nitrogens with one attached hydrogen (secondary N) is 2. The van der Waals surface area contributed by atoms with Gasteiger partial charge in [-0.2, -0.15) is 0 Å². The van der Waals surface area contributed by atoms with Crippen molar-refractivity contribution in [2.24, 2.45) is 0 Å². The van der Waals surface area contributed by atoms with Crippen molar-refractivity contribution in [1.82, 2.24) is 10.3 Å². The fraction of sp³-hybridized carbons (Fsp3) is 0.286. The van der Waals surface area contributed by atoms with Crippen LogP contribution in [0.15, 0.2) is 36.4 Å². The van der Waals surface area contributed by atoms with Gasteiger partial charge in [0.05, 0.1) is 13.7 Å². The molecule has 5 heteroatoms. The molecule has 26 heavy (non-hydrogen) atoms. The van der Waals surface area contributed by atoms with Gasteiger partial charge in [-0.1, -0.05) is 24.3 Å². The number of hydrogen-bond acceptors (Lipinski definition) is 3. The molecule has 1 unspecified atom stereocenters. The summed E-state index contributed by atoms with van der Waals surface area (Å²) in [6.45, 7) is 1.07. The van der Waals surface area contributed by atoms with Crippen LogP contribution in [-0.2, 0) is 11.3 Å². The fourth-order valence-corrected chi connectivity index (χ4v) is 4.00. The molecule has 3 heterocycles. The molecular weight excluding hydrogens is 331 g/mol. The van der Waals surface area contributed by atoms with Gasteiger partial charge in [0, 0.05) is 39.2 Å². The predicted molar refractivity (Wildman–Crippen MR) is 97.7 cm³/mol. The summed E-state index contributed by atoms with van der Waals surface area (Å²) in [5, 5.41) is 3.94. The van der Waals surface area contributed by atoms with Crippen molar-refractivity contribution in [2.75, 3.05) is 13.2 Å².